The second-order valence-electron chi connectivity index (χ2n) is 8.11. The standard InChI is InChI=1S/C25H25N3O5/c1-4-25(17-10-6-5-7-11-17)23(31)28(24(32)27-25)14-20(29)33-16(3)22(30)21-15(2)26-19-13-9-8-12-18(19)21/h5-13,16,26H,4,14H2,1-3H3,(H,27,32). The van der Waals surface area contributed by atoms with Crippen molar-refractivity contribution in [2.45, 2.75) is 38.8 Å². The fourth-order valence-electron chi connectivity index (χ4n) is 4.35. The molecule has 2 unspecified atom stereocenters. The summed E-state index contributed by atoms with van der Waals surface area (Å²) >= 11 is 0. The Morgan fingerprint density at radius 1 is 1.06 bits per heavy atom. The van der Waals surface area contributed by atoms with Crippen molar-refractivity contribution in [2.75, 3.05) is 6.54 Å². The number of carbonyl (C=O) groups is 4. The molecule has 0 radical (unpaired) electrons. The lowest BCUT2D eigenvalue weighted by Crippen LogP contribution is -2.44. The highest BCUT2D eigenvalue weighted by Crippen LogP contribution is 2.32. The number of aromatic amines is 1. The number of para-hydroxylation sites is 1. The summed E-state index contributed by atoms with van der Waals surface area (Å²) in [6, 6.07) is 15.6. The van der Waals surface area contributed by atoms with Crippen LogP contribution in [0.25, 0.3) is 10.9 Å². The third-order valence-corrected chi connectivity index (χ3v) is 6.08. The number of carbonyl (C=O) groups excluding carboxylic acids is 4. The summed E-state index contributed by atoms with van der Waals surface area (Å²) in [7, 11) is 0. The molecule has 4 rings (SSSR count). The van der Waals surface area contributed by atoms with E-state index >= 15 is 0 Å². The van der Waals surface area contributed by atoms with E-state index in [9.17, 15) is 19.2 Å². The third kappa shape index (κ3) is 3.77. The van der Waals surface area contributed by atoms with E-state index in [2.05, 4.69) is 10.3 Å². The minimum absolute atomic E-state index is 0.321. The molecule has 1 fully saturated rings. The number of ketones is 1. The molecule has 0 spiro atoms. The number of nitrogens with one attached hydrogen (secondary N) is 2. The molecule has 0 aliphatic carbocycles. The third-order valence-electron chi connectivity index (χ3n) is 6.08. The van der Waals surface area contributed by atoms with Crippen LogP contribution in [-0.4, -0.2) is 46.2 Å². The van der Waals surface area contributed by atoms with Gasteiger partial charge in [-0.2, -0.15) is 0 Å². The van der Waals surface area contributed by atoms with Gasteiger partial charge < -0.3 is 15.0 Å². The number of aromatic nitrogens is 1. The van der Waals surface area contributed by atoms with E-state index in [-0.39, 0.29) is 5.78 Å². The highest BCUT2D eigenvalue weighted by Gasteiger charge is 2.51. The monoisotopic (exact) mass is 447 g/mol. The predicted octanol–water partition coefficient (Wildman–Crippen LogP) is 3.45. The van der Waals surface area contributed by atoms with Crippen molar-refractivity contribution in [3.8, 4) is 0 Å². The Morgan fingerprint density at radius 3 is 2.42 bits per heavy atom. The lowest BCUT2D eigenvalue weighted by atomic mass is 9.87. The maximum Gasteiger partial charge on any atom is 0.326 e. The van der Waals surface area contributed by atoms with Gasteiger partial charge in [-0.1, -0.05) is 55.5 Å². The van der Waals surface area contributed by atoms with Crippen molar-refractivity contribution < 1.29 is 23.9 Å². The van der Waals surface area contributed by atoms with Crippen molar-refractivity contribution >= 4 is 34.6 Å². The number of fused-ring (bicyclic) bond motifs is 1. The smallest absolute Gasteiger partial charge is 0.326 e. The largest absolute Gasteiger partial charge is 0.453 e. The minimum Gasteiger partial charge on any atom is -0.453 e. The van der Waals surface area contributed by atoms with Crippen molar-refractivity contribution in [2.24, 2.45) is 0 Å². The molecule has 170 valence electrons. The Balaban J connectivity index is 1.48. The van der Waals surface area contributed by atoms with E-state index in [1.807, 2.05) is 30.3 Å². The van der Waals surface area contributed by atoms with Crippen molar-refractivity contribution in [3.63, 3.8) is 0 Å². The number of imide groups is 1. The molecular formula is C25H25N3O5. The quantitative estimate of drug-likeness (QED) is 0.328. The van der Waals surface area contributed by atoms with Crippen LogP contribution >= 0.6 is 0 Å². The average molecular weight is 447 g/mol. The molecule has 1 aliphatic rings. The number of hydrogen-bond donors (Lipinski definition) is 2. The number of amides is 3. The Kier molecular flexibility index (Phi) is 5.76. The van der Waals surface area contributed by atoms with Crippen LogP contribution in [0.3, 0.4) is 0 Å². The summed E-state index contributed by atoms with van der Waals surface area (Å²) in [5, 5.41) is 3.47. The van der Waals surface area contributed by atoms with Gasteiger partial charge in [-0.3, -0.25) is 19.3 Å². The number of aryl methyl sites for hydroxylation is 1. The Morgan fingerprint density at radius 2 is 1.73 bits per heavy atom. The maximum absolute atomic E-state index is 13.2. The lowest BCUT2D eigenvalue weighted by Gasteiger charge is -2.25. The molecule has 0 bridgehead atoms. The molecule has 3 aromatic rings. The number of benzene rings is 2. The highest BCUT2D eigenvalue weighted by atomic mass is 16.5. The molecule has 1 aliphatic heterocycles. The maximum atomic E-state index is 13.2. The number of nitrogens with zero attached hydrogens (tertiary/aromatic N) is 1. The summed E-state index contributed by atoms with van der Waals surface area (Å²) in [4.78, 5) is 55.4. The van der Waals surface area contributed by atoms with Gasteiger partial charge >= 0.3 is 12.0 Å². The molecule has 2 heterocycles. The molecule has 2 aromatic carbocycles. The van der Waals surface area contributed by atoms with Gasteiger partial charge in [0, 0.05) is 22.2 Å². The zero-order valence-electron chi connectivity index (χ0n) is 18.7. The highest BCUT2D eigenvalue weighted by molar-refractivity contribution is 6.12. The van der Waals surface area contributed by atoms with Crippen molar-refractivity contribution in [3.05, 3.63) is 71.4 Å². The Labute approximate surface area is 190 Å². The molecule has 1 saturated heterocycles. The molecule has 33 heavy (non-hydrogen) atoms. The van der Waals surface area contributed by atoms with Crippen LogP contribution in [0.1, 0.15) is 41.9 Å². The number of ether oxygens (including phenoxy) is 1. The predicted molar refractivity (Wildman–Crippen MR) is 122 cm³/mol. The second kappa shape index (κ2) is 8.54. The molecule has 8 nitrogen and oxygen atoms in total. The van der Waals surface area contributed by atoms with Crippen LogP contribution in [-0.2, 0) is 19.9 Å². The first kappa shape index (κ1) is 22.3. The number of Topliss-reactive ketones (excluding diaryl/α,β-unsaturated/α-hetero) is 1. The van der Waals surface area contributed by atoms with Crippen LogP contribution in [0.15, 0.2) is 54.6 Å². The molecule has 0 saturated carbocycles. The van der Waals surface area contributed by atoms with Crippen LogP contribution in [0.2, 0.25) is 0 Å². The fourth-order valence-corrected chi connectivity index (χ4v) is 4.35. The zero-order valence-corrected chi connectivity index (χ0v) is 18.7. The van der Waals surface area contributed by atoms with E-state index in [1.54, 1.807) is 38.1 Å². The van der Waals surface area contributed by atoms with E-state index in [0.29, 0.717) is 23.2 Å². The molecule has 2 atom stereocenters. The van der Waals surface area contributed by atoms with Crippen molar-refractivity contribution in [1.29, 1.82) is 0 Å². The Bertz CT molecular complexity index is 1250. The summed E-state index contributed by atoms with van der Waals surface area (Å²) in [6.07, 6.45) is -0.761. The summed E-state index contributed by atoms with van der Waals surface area (Å²) < 4.78 is 5.33. The normalized spacial score (nSPS) is 18.9. The van der Waals surface area contributed by atoms with E-state index in [0.717, 1.165) is 15.8 Å². The molecule has 3 amide bonds. The summed E-state index contributed by atoms with van der Waals surface area (Å²) in [5.41, 5.74) is 1.35. The van der Waals surface area contributed by atoms with Crippen LogP contribution in [0.5, 0.6) is 0 Å². The molecular weight excluding hydrogens is 422 g/mol. The second-order valence-corrected chi connectivity index (χ2v) is 8.11. The first-order valence-electron chi connectivity index (χ1n) is 10.8. The first-order valence-corrected chi connectivity index (χ1v) is 10.8. The van der Waals surface area contributed by atoms with Crippen molar-refractivity contribution in [1.82, 2.24) is 15.2 Å². The van der Waals surface area contributed by atoms with Gasteiger partial charge in [0.05, 0.1) is 0 Å². The molecule has 8 heteroatoms. The van der Waals surface area contributed by atoms with Gasteiger partial charge in [0.1, 0.15) is 12.1 Å². The van der Waals surface area contributed by atoms with Gasteiger partial charge in [-0.15, -0.1) is 0 Å². The molecule has 1 aromatic heterocycles. The average Bonchev–Trinajstić information content (AvgIpc) is 3.27. The zero-order chi connectivity index (χ0) is 23.8. The SMILES string of the molecule is CCC1(c2ccccc2)NC(=O)N(CC(=O)OC(C)C(=O)c2c(C)[nH]c3ccccc23)C1=O. The summed E-state index contributed by atoms with van der Waals surface area (Å²) in [6.45, 7) is 4.47. The van der Waals surface area contributed by atoms with Gasteiger partial charge in [0.15, 0.2) is 6.10 Å². The van der Waals surface area contributed by atoms with Crippen LogP contribution < -0.4 is 5.32 Å². The van der Waals surface area contributed by atoms with Crippen LogP contribution in [0, 0.1) is 6.92 Å². The fraction of sp³-hybridized carbons (Fsp3) is 0.280. The molecule has 2 N–H and O–H groups in total. The minimum atomic E-state index is -1.23. The first-order chi connectivity index (χ1) is 15.8. The van der Waals surface area contributed by atoms with E-state index in [4.69, 9.17) is 4.74 Å². The number of hydrogen-bond acceptors (Lipinski definition) is 5. The van der Waals surface area contributed by atoms with E-state index in [1.165, 1.54) is 6.92 Å². The lowest BCUT2D eigenvalue weighted by molar-refractivity contribution is -0.150. The van der Waals surface area contributed by atoms with Crippen LogP contribution in [0.4, 0.5) is 4.79 Å². The number of H-pyrrole nitrogens is 1. The van der Waals surface area contributed by atoms with Gasteiger partial charge in [-0.25, -0.2) is 4.79 Å². The number of esters is 1. The van der Waals surface area contributed by atoms with Gasteiger partial charge in [0.2, 0.25) is 5.78 Å². The topological polar surface area (TPSA) is 109 Å². The van der Waals surface area contributed by atoms with Gasteiger partial charge in [-0.05, 0) is 31.9 Å². The summed E-state index contributed by atoms with van der Waals surface area (Å²) in [5.74, 6) is -1.72. The van der Waals surface area contributed by atoms with Gasteiger partial charge in [0.25, 0.3) is 5.91 Å². The Hall–Kier alpha value is -3.94. The van der Waals surface area contributed by atoms with E-state index < -0.39 is 36.1 Å². The number of rotatable bonds is 7. The number of urea groups is 1.